The molecule has 2 rings (SSSR count). The molecule has 0 fully saturated rings. The lowest BCUT2D eigenvalue weighted by Crippen LogP contribution is -2.01. The van der Waals surface area contributed by atoms with E-state index in [1.807, 2.05) is 13.8 Å². The zero-order valence-electron chi connectivity index (χ0n) is 10.5. The Balaban J connectivity index is 0.000000442. The number of hydrogen-bond donors (Lipinski definition) is 0. The van der Waals surface area contributed by atoms with Gasteiger partial charge in [0.15, 0.2) is 0 Å². The Labute approximate surface area is 95.0 Å². The third-order valence-electron chi connectivity index (χ3n) is 2.50. The lowest BCUT2D eigenvalue weighted by Gasteiger charge is -2.15. The molecule has 0 saturated heterocycles. The van der Waals surface area contributed by atoms with Gasteiger partial charge < -0.3 is 0 Å². The summed E-state index contributed by atoms with van der Waals surface area (Å²) in [7, 11) is 0. The van der Waals surface area contributed by atoms with Gasteiger partial charge in [0.25, 0.3) is 0 Å². The first-order valence-electron chi connectivity index (χ1n) is 5.95. The molecule has 0 heteroatoms. The Morgan fingerprint density at radius 3 is 2.07 bits per heavy atom. The molecule has 1 aliphatic rings. The standard InChI is InChI=1S/C11H14.C2H6.C2H4/c1-9-6-7-10-4-2-3-5-11(10)8-9;2*1-2/h6-8H,2-5H2,1H3;1-2H3;1-2H2. The van der Waals surface area contributed by atoms with Crippen LogP contribution in [0.5, 0.6) is 0 Å². The van der Waals surface area contributed by atoms with E-state index in [0.717, 1.165) is 0 Å². The highest BCUT2D eigenvalue weighted by molar-refractivity contribution is 5.32. The van der Waals surface area contributed by atoms with E-state index in [-0.39, 0.29) is 0 Å². The molecule has 0 amide bonds. The van der Waals surface area contributed by atoms with Crippen LogP contribution in [-0.2, 0) is 12.8 Å². The summed E-state index contributed by atoms with van der Waals surface area (Å²) in [4.78, 5) is 0. The number of rotatable bonds is 0. The molecule has 0 bridgehead atoms. The second-order valence-electron chi connectivity index (χ2n) is 3.48. The maximum absolute atomic E-state index is 3.00. The fourth-order valence-electron chi connectivity index (χ4n) is 1.86. The van der Waals surface area contributed by atoms with Crippen LogP contribution in [0.3, 0.4) is 0 Å². The molecule has 0 radical (unpaired) electrons. The summed E-state index contributed by atoms with van der Waals surface area (Å²) in [5.74, 6) is 0. The molecule has 0 nitrogen and oxygen atoms in total. The van der Waals surface area contributed by atoms with Crippen molar-refractivity contribution in [3.63, 3.8) is 0 Å². The van der Waals surface area contributed by atoms with E-state index in [0.29, 0.717) is 0 Å². The SMILES string of the molecule is C=C.CC.Cc1ccc2c(c1)CCCC2. The highest BCUT2D eigenvalue weighted by Gasteiger charge is 2.07. The molecule has 15 heavy (non-hydrogen) atoms. The van der Waals surface area contributed by atoms with Gasteiger partial charge in [0.2, 0.25) is 0 Å². The van der Waals surface area contributed by atoms with Crippen LogP contribution >= 0.6 is 0 Å². The molecule has 1 aromatic rings. The van der Waals surface area contributed by atoms with E-state index in [9.17, 15) is 0 Å². The van der Waals surface area contributed by atoms with E-state index in [4.69, 9.17) is 0 Å². The fraction of sp³-hybridized carbons (Fsp3) is 0.467. The van der Waals surface area contributed by atoms with Crippen LogP contribution < -0.4 is 0 Å². The van der Waals surface area contributed by atoms with E-state index in [2.05, 4.69) is 38.3 Å². The largest absolute Gasteiger partial charge is 0.106 e. The van der Waals surface area contributed by atoms with Crippen molar-refractivity contribution in [3.8, 4) is 0 Å². The third kappa shape index (κ3) is 4.33. The highest BCUT2D eigenvalue weighted by atomic mass is 14.1. The lowest BCUT2D eigenvalue weighted by molar-refractivity contribution is 0.685. The zero-order chi connectivity index (χ0) is 11.7. The number of hydrogen-bond acceptors (Lipinski definition) is 0. The van der Waals surface area contributed by atoms with Crippen LogP contribution in [0.4, 0.5) is 0 Å². The Bertz CT molecular complexity index is 273. The first-order valence-corrected chi connectivity index (χ1v) is 5.95. The quantitative estimate of drug-likeness (QED) is 0.537. The van der Waals surface area contributed by atoms with Crippen LogP contribution in [0.15, 0.2) is 31.4 Å². The van der Waals surface area contributed by atoms with Crippen molar-refractivity contribution in [1.82, 2.24) is 0 Å². The minimum Gasteiger partial charge on any atom is -0.106 e. The van der Waals surface area contributed by atoms with Crippen molar-refractivity contribution < 1.29 is 0 Å². The van der Waals surface area contributed by atoms with Crippen LogP contribution in [0, 0.1) is 6.92 Å². The molecule has 0 spiro atoms. The highest BCUT2D eigenvalue weighted by Crippen LogP contribution is 2.21. The molecule has 0 atom stereocenters. The van der Waals surface area contributed by atoms with E-state index >= 15 is 0 Å². The maximum Gasteiger partial charge on any atom is -0.0276 e. The minimum absolute atomic E-state index is 1.30. The number of aryl methyl sites for hydroxylation is 3. The summed E-state index contributed by atoms with van der Waals surface area (Å²) in [6.45, 7) is 12.2. The predicted molar refractivity (Wildman–Crippen MR) is 70.4 cm³/mol. The van der Waals surface area contributed by atoms with Crippen molar-refractivity contribution in [2.24, 2.45) is 0 Å². The molecule has 0 aliphatic heterocycles. The first kappa shape index (κ1) is 14.0. The second-order valence-corrected chi connectivity index (χ2v) is 3.48. The molecule has 1 aliphatic carbocycles. The number of fused-ring (bicyclic) bond motifs is 1. The Morgan fingerprint density at radius 2 is 1.47 bits per heavy atom. The summed E-state index contributed by atoms with van der Waals surface area (Å²) in [5.41, 5.74) is 4.59. The summed E-state index contributed by atoms with van der Waals surface area (Å²) in [5, 5.41) is 0. The van der Waals surface area contributed by atoms with Gasteiger partial charge in [0, 0.05) is 0 Å². The molecule has 1 aromatic carbocycles. The Morgan fingerprint density at radius 1 is 0.933 bits per heavy atom. The molecule has 84 valence electrons. The van der Waals surface area contributed by atoms with Crippen molar-refractivity contribution >= 4 is 0 Å². The summed E-state index contributed by atoms with van der Waals surface area (Å²) >= 11 is 0. The van der Waals surface area contributed by atoms with Gasteiger partial charge in [0.05, 0.1) is 0 Å². The summed E-state index contributed by atoms with van der Waals surface area (Å²) in [6, 6.07) is 6.86. The van der Waals surface area contributed by atoms with Crippen LogP contribution in [0.2, 0.25) is 0 Å². The first-order chi connectivity index (χ1) is 7.36. The van der Waals surface area contributed by atoms with Crippen molar-refractivity contribution in [2.75, 3.05) is 0 Å². The van der Waals surface area contributed by atoms with Crippen molar-refractivity contribution in [3.05, 3.63) is 48.0 Å². The van der Waals surface area contributed by atoms with Gasteiger partial charge in [-0.3, -0.25) is 0 Å². The number of benzene rings is 1. The monoisotopic (exact) mass is 204 g/mol. The molecule has 0 heterocycles. The average Bonchev–Trinajstić information content (AvgIpc) is 2.34. The summed E-state index contributed by atoms with van der Waals surface area (Å²) in [6.07, 6.45) is 5.37. The third-order valence-corrected chi connectivity index (χ3v) is 2.50. The average molecular weight is 204 g/mol. The van der Waals surface area contributed by atoms with Crippen LogP contribution in [-0.4, -0.2) is 0 Å². The van der Waals surface area contributed by atoms with Crippen LogP contribution in [0.25, 0.3) is 0 Å². The smallest absolute Gasteiger partial charge is 0.0276 e. The minimum atomic E-state index is 1.30. The summed E-state index contributed by atoms with van der Waals surface area (Å²) < 4.78 is 0. The van der Waals surface area contributed by atoms with Gasteiger partial charge in [-0.2, -0.15) is 0 Å². The Hall–Kier alpha value is -1.04. The van der Waals surface area contributed by atoms with Crippen LogP contribution in [0.1, 0.15) is 43.4 Å². The van der Waals surface area contributed by atoms with Crippen molar-refractivity contribution in [1.29, 1.82) is 0 Å². The molecule has 0 unspecified atom stereocenters. The molecular formula is C15H24. The van der Waals surface area contributed by atoms with Gasteiger partial charge in [0.1, 0.15) is 0 Å². The Kier molecular flexibility index (Phi) is 7.71. The predicted octanol–water partition coefficient (Wildman–Crippen LogP) is 4.70. The molecule has 0 N–H and O–H groups in total. The molecule has 0 aromatic heterocycles. The molecular weight excluding hydrogens is 180 g/mol. The van der Waals surface area contributed by atoms with E-state index < -0.39 is 0 Å². The second kappa shape index (κ2) is 8.28. The normalized spacial score (nSPS) is 12.5. The van der Waals surface area contributed by atoms with Gasteiger partial charge >= 0.3 is 0 Å². The fourth-order valence-corrected chi connectivity index (χ4v) is 1.86. The molecule has 0 saturated carbocycles. The van der Waals surface area contributed by atoms with Gasteiger partial charge in [-0.15, -0.1) is 13.2 Å². The maximum atomic E-state index is 3.00. The lowest BCUT2D eigenvalue weighted by atomic mass is 9.91. The van der Waals surface area contributed by atoms with Gasteiger partial charge in [-0.1, -0.05) is 37.6 Å². The topological polar surface area (TPSA) is 0 Å². The van der Waals surface area contributed by atoms with E-state index in [1.165, 1.54) is 31.2 Å². The van der Waals surface area contributed by atoms with E-state index in [1.54, 1.807) is 11.1 Å². The van der Waals surface area contributed by atoms with Crippen molar-refractivity contribution in [2.45, 2.75) is 46.5 Å². The van der Waals surface area contributed by atoms with Gasteiger partial charge in [-0.05, 0) is 43.7 Å². The zero-order valence-corrected chi connectivity index (χ0v) is 10.5. The van der Waals surface area contributed by atoms with Gasteiger partial charge in [-0.25, -0.2) is 0 Å².